The number of carbonyl (C=O) groups is 1. The maximum Gasteiger partial charge on any atom is 0.315 e. The highest BCUT2D eigenvalue weighted by Gasteiger charge is 2.39. The predicted molar refractivity (Wildman–Crippen MR) is 79.7 cm³/mol. The molecule has 0 heterocycles. The Morgan fingerprint density at radius 2 is 1.90 bits per heavy atom. The fraction of sp³-hybridized carbons (Fsp3) is 0.235. The van der Waals surface area contributed by atoms with E-state index in [9.17, 15) is 14.3 Å². The van der Waals surface area contributed by atoms with Gasteiger partial charge in [0.1, 0.15) is 11.2 Å². The zero-order chi connectivity index (χ0) is 15.5. The number of aryl methyl sites for hydroxylation is 1. The number of aliphatic carboxylic acids is 1. The maximum absolute atomic E-state index is 13.1. The molecule has 3 nitrogen and oxygen atoms in total. The largest absolute Gasteiger partial charge is 0.481 e. The first-order chi connectivity index (χ1) is 9.98. The van der Waals surface area contributed by atoms with Crippen LogP contribution in [0.5, 0.6) is 0 Å². The normalized spacial score (nSPS) is 13.7. The Balaban J connectivity index is 2.46. The average Bonchev–Trinajstić information content (AvgIpc) is 2.45. The van der Waals surface area contributed by atoms with E-state index in [1.165, 1.54) is 24.3 Å². The Bertz CT molecular complexity index is 639. The Morgan fingerprint density at radius 3 is 2.43 bits per heavy atom. The fourth-order valence-corrected chi connectivity index (χ4v) is 2.52. The topological polar surface area (TPSA) is 63.3 Å². The molecule has 0 fully saturated rings. The summed E-state index contributed by atoms with van der Waals surface area (Å²) in [6.07, 6.45) is 0.270. The fourth-order valence-electron chi connectivity index (χ4n) is 2.52. The van der Waals surface area contributed by atoms with Crippen molar-refractivity contribution in [3.63, 3.8) is 0 Å². The van der Waals surface area contributed by atoms with Crippen LogP contribution in [0.1, 0.15) is 16.7 Å². The van der Waals surface area contributed by atoms with E-state index >= 15 is 0 Å². The average molecular weight is 287 g/mol. The maximum atomic E-state index is 13.1. The third-order valence-corrected chi connectivity index (χ3v) is 3.74. The van der Waals surface area contributed by atoms with Gasteiger partial charge in [0.15, 0.2) is 0 Å². The third-order valence-electron chi connectivity index (χ3n) is 3.74. The number of benzene rings is 2. The minimum absolute atomic E-state index is 0.0537. The van der Waals surface area contributed by atoms with Gasteiger partial charge in [0, 0.05) is 6.54 Å². The molecule has 0 aliphatic carbocycles. The molecular formula is C17H18FNO2. The van der Waals surface area contributed by atoms with Crippen LogP contribution in [-0.4, -0.2) is 17.6 Å². The van der Waals surface area contributed by atoms with E-state index in [0.29, 0.717) is 5.56 Å². The summed E-state index contributed by atoms with van der Waals surface area (Å²) in [5.41, 5.74) is 7.01. The van der Waals surface area contributed by atoms with Crippen LogP contribution in [0.4, 0.5) is 4.39 Å². The van der Waals surface area contributed by atoms with E-state index in [4.69, 9.17) is 5.73 Å². The van der Waals surface area contributed by atoms with Gasteiger partial charge in [-0.3, -0.25) is 4.79 Å². The highest BCUT2D eigenvalue weighted by Crippen LogP contribution is 2.29. The molecule has 4 heteroatoms. The van der Waals surface area contributed by atoms with E-state index < -0.39 is 17.2 Å². The summed E-state index contributed by atoms with van der Waals surface area (Å²) in [4.78, 5) is 11.9. The third kappa shape index (κ3) is 3.11. The number of hydrogen-bond donors (Lipinski definition) is 2. The lowest BCUT2D eigenvalue weighted by Gasteiger charge is -2.29. The monoisotopic (exact) mass is 287 g/mol. The van der Waals surface area contributed by atoms with Gasteiger partial charge in [-0.15, -0.1) is 0 Å². The van der Waals surface area contributed by atoms with E-state index in [1.807, 2.05) is 31.2 Å². The zero-order valence-electron chi connectivity index (χ0n) is 11.8. The summed E-state index contributed by atoms with van der Waals surface area (Å²) >= 11 is 0. The van der Waals surface area contributed by atoms with Crippen LogP contribution >= 0.6 is 0 Å². The van der Waals surface area contributed by atoms with Gasteiger partial charge in [-0.2, -0.15) is 0 Å². The van der Waals surface area contributed by atoms with E-state index in [-0.39, 0.29) is 13.0 Å². The first-order valence-electron chi connectivity index (χ1n) is 6.73. The van der Waals surface area contributed by atoms with Gasteiger partial charge < -0.3 is 10.8 Å². The number of rotatable bonds is 5. The first kappa shape index (κ1) is 15.2. The Kier molecular flexibility index (Phi) is 4.38. The van der Waals surface area contributed by atoms with E-state index in [1.54, 1.807) is 0 Å². The van der Waals surface area contributed by atoms with Crippen LogP contribution in [0.2, 0.25) is 0 Å². The molecule has 0 spiro atoms. The van der Waals surface area contributed by atoms with Crippen molar-refractivity contribution in [1.82, 2.24) is 0 Å². The van der Waals surface area contributed by atoms with Crippen LogP contribution in [0.3, 0.4) is 0 Å². The second-order valence-corrected chi connectivity index (χ2v) is 5.26. The highest BCUT2D eigenvalue weighted by molar-refractivity contribution is 5.82. The summed E-state index contributed by atoms with van der Waals surface area (Å²) in [5.74, 6) is -1.40. The van der Waals surface area contributed by atoms with Crippen molar-refractivity contribution >= 4 is 5.97 Å². The molecule has 110 valence electrons. The van der Waals surface area contributed by atoms with Gasteiger partial charge in [0.2, 0.25) is 0 Å². The summed E-state index contributed by atoms with van der Waals surface area (Å²) in [6.45, 7) is 1.90. The van der Waals surface area contributed by atoms with Crippen LogP contribution < -0.4 is 5.73 Å². The smallest absolute Gasteiger partial charge is 0.315 e. The molecule has 21 heavy (non-hydrogen) atoms. The number of carboxylic acid groups (broad SMARTS) is 1. The van der Waals surface area contributed by atoms with Crippen LogP contribution in [0.25, 0.3) is 0 Å². The lowest BCUT2D eigenvalue weighted by Crippen LogP contribution is -2.45. The molecular weight excluding hydrogens is 269 g/mol. The number of nitrogens with two attached hydrogens (primary N) is 1. The van der Waals surface area contributed by atoms with Crippen molar-refractivity contribution in [2.75, 3.05) is 6.54 Å². The molecule has 0 amide bonds. The van der Waals surface area contributed by atoms with Crippen molar-refractivity contribution in [2.24, 2.45) is 5.73 Å². The molecule has 3 N–H and O–H groups in total. The van der Waals surface area contributed by atoms with Crippen molar-refractivity contribution in [2.45, 2.75) is 18.8 Å². The van der Waals surface area contributed by atoms with Crippen molar-refractivity contribution in [3.8, 4) is 0 Å². The summed E-state index contributed by atoms with van der Waals surface area (Å²) in [7, 11) is 0. The summed E-state index contributed by atoms with van der Waals surface area (Å²) in [5, 5.41) is 9.70. The lowest BCUT2D eigenvalue weighted by molar-refractivity contribution is -0.143. The van der Waals surface area contributed by atoms with Gasteiger partial charge in [-0.25, -0.2) is 4.39 Å². The Hall–Kier alpha value is -2.20. The van der Waals surface area contributed by atoms with Gasteiger partial charge in [-0.1, -0.05) is 42.0 Å². The molecule has 0 saturated heterocycles. The van der Waals surface area contributed by atoms with Crippen LogP contribution in [0, 0.1) is 12.7 Å². The molecule has 0 bridgehead atoms. The SMILES string of the molecule is Cc1cccc(CC(CN)(C(=O)O)c2ccc(F)cc2)c1. The standard InChI is InChI=1S/C17H18FNO2/c1-12-3-2-4-13(9-12)10-17(11-19,16(20)21)14-5-7-15(18)8-6-14/h2-9H,10-11,19H2,1H3,(H,20,21). The molecule has 0 aliphatic heterocycles. The van der Waals surface area contributed by atoms with Crippen LogP contribution in [-0.2, 0) is 16.6 Å². The van der Waals surface area contributed by atoms with Gasteiger partial charge in [0.05, 0.1) is 0 Å². The first-order valence-corrected chi connectivity index (χ1v) is 6.73. The molecule has 0 saturated carbocycles. The van der Waals surface area contributed by atoms with Crippen molar-refractivity contribution < 1.29 is 14.3 Å². The predicted octanol–water partition coefficient (Wildman–Crippen LogP) is 2.66. The number of carboxylic acids is 1. The van der Waals surface area contributed by atoms with Crippen LogP contribution in [0.15, 0.2) is 48.5 Å². The number of hydrogen-bond acceptors (Lipinski definition) is 2. The van der Waals surface area contributed by atoms with Gasteiger partial charge >= 0.3 is 5.97 Å². The highest BCUT2D eigenvalue weighted by atomic mass is 19.1. The molecule has 2 rings (SSSR count). The molecule has 2 aromatic carbocycles. The van der Waals surface area contributed by atoms with E-state index in [2.05, 4.69) is 0 Å². The minimum atomic E-state index is -1.25. The molecule has 0 radical (unpaired) electrons. The zero-order valence-corrected chi connectivity index (χ0v) is 11.8. The summed E-state index contributed by atoms with van der Waals surface area (Å²) < 4.78 is 13.1. The summed E-state index contributed by atoms with van der Waals surface area (Å²) in [6, 6.07) is 13.2. The Morgan fingerprint density at radius 1 is 1.24 bits per heavy atom. The van der Waals surface area contributed by atoms with Gasteiger partial charge in [-0.05, 0) is 36.6 Å². The molecule has 1 unspecified atom stereocenters. The minimum Gasteiger partial charge on any atom is -0.481 e. The second kappa shape index (κ2) is 6.06. The van der Waals surface area contributed by atoms with Gasteiger partial charge in [0.25, 0.3) is 0 Å². The molecule has 2 aromatic rings. The van der Waals surface area contributed by atoms with Crippen molar-refractivity contribution in [3.05, 3.63) is 71.0 Å². The second-order valence-electron chi connectivity index (χ2n) is 5.26. The molecule has 0 aromatic heterocycles. The quantitative estimate of drug-likeness (QED) is 0.888. The Labute approximate surface area is 123 Å². The van der Waals surface area contributed by atoms with E-state index in [0.717, 1.165) is 11.1 Å². The van der Waals surface area contributed by atoms with Crippen molar-refractivity contribution in [1.29, 1.82) is 0 Å². The lowest BCUT2D eigenvalue weighted by atomic mass is 9.75. The molecule has 1 atom stereocenters. The molecule has 0 aliphatic rings. The number of halogens is 1.